The summed E-state index contributed by atoms with van der Waals surface area (Å²) >= 11 is 0. The first kappa shape index (κ1) is 24.8. The average molecular weight is 491 g/mol. The van der Waals surface area contributed by atoms with Crippen LogP contribution in [-0.4, -0.2) is 58.6 Å². The normalized spacial score (nSPS) is 46.5. The van der Waals surface area contributed by atoms with E-state index < -0.39 is 16.6 Å². The molecule has 5 rings (SSSR count). The molecule has 4 aliphatic carbocycles. The van der Waals surface area contributed by atoms with Crippen LogP contribution >= 0.6 is 0 Å². The Morgan fingerprint density at radius 3 is 2.43 bits per heavy atom. The van der Waals surface area contributed by atoms with Crippen molar-refractivity contribution in [2.75, 3.05) is 13.2 Å². The Hall–Kier alpha value is -1.93. The zero-order valence-electron chi connectivity index (χ0n) is 21.0. The molecule has 0 saturated heterocycles. The standard InChI is InChI=1S/C27H38O8/c1-16(28)34-15-25-9-4-19(35-17(2)29)13-26(25,31)10-6-22-21(25)5-8-24(3)20(7-11-27(22,24)32)18-12-23(30)33-14-18/h12,19-22,31-32H,4-11,13-15H2,1-3H3/t19-,20-,21+,22-,24-,25-,26+,27-/m0/s1. The first-order valence-electron chi connectivity index (χ1n) is 13.1. The van der Waals surface area contributed by atoms with Crippen molar-refractivity contribution in [1.82, 2.24) is 0 Å². The van der Waals surface area contributed by atoms with Gasteiger partial charge in [0, 0.05) is 37.2 Å². The third kappa shape index (κ3) is 3.57. The van der Waals surface area contributed by atoms with Gasteiger partial charge in [0.2, 0.25) is 0 Å². The SMILES string of the molecule is CC(=O)OC[C@]12CC[C@H](OC(C)=O)C[C@]1(O)CC[C@H]1[C@H]2CC[C@@]2(C)[C@H](C3=CC(=O)OC3)CC[C@]12O. The summed E-state index contributed by atoms with van der Waals surface area (Å²) in [6.45, 7) is 5.33. The molecule has 4 saturated carbocycles. The van der Waals surface area contributed by atoms with Crippen molar-refractivity contribution in [1.29, 1.82) is 0 Å². The molecule has 35 heavy (non-hydrogen) atoms. The molecule has 0 unspecified atom stereocenters. The first-order valence-corrected chi connectivity index (χ1v) is 13.1. The maximum Gasteiger partial charge on any atom is 0.331 e. The number of ether oxygens (including phenoxy) is 3. The lowest BCUT2D eigenvalue weighted by Gasteiger charge is -2.66. The van der Waals surface area contributed by atoms with E-state index >= 15 is 0 Å². The van der Waals surface area contributed by atoms with Gasteiger partial charge in [0.05, 0.1) is 17.8 Å². The number of aliphatic hydroxyl groups is 2. The fourth-order valence-corrected chi connectivity index (χ4v) is 9.03. The number of carbonyl (C=O) groups is 3. The van der Waals surface area contributed by atoms with Gasteiger partial charge in [-0.15, -0.1) is 0 Å². The number of carbonyl (C=O) groups excluding carboxylic acids is 3. The topological polar surface area (TPSA) is 119 Å². The number of esters is 3. The van der Waals surface area contributed by atoms with E-state index in [1.54, 1.807) is 6.08 Å². The second-order valence-corrected chi connectivity index (χ2v) is 12.0. The molecular formula is C27H38O8. The summed E-state index contributed by atoms with van der Waals surface area (Å²) in [7, 11) is 0. The van der Waals surface area contributed by atoms with Crippen LogP contribution in [0.15, 0.2) is 11.6 Å². The molecule has 8 atom stereocenters. The summed E-state index contributed by atoms with van der Waals surface area (Å²) in [5, 5.41) is 24.5. The molecule has 2 N–H and O–H groups in total. The van der Waals surface area contributed by atoms with E-state index in [9.17, 15) is 24.6 Å². The van der Waals surface area contributed by atoms with Crippen LogP contribution in [0.3, 0.4) is 0 Å². The van der Waals surface area contributed by atoms with Gasteiger partial charge in [-0.2, -0.15) is 0 Å². The third-order valence-electron chi connectivity index (χ3n) is 10.6. The molecule has 1 aliphatic heterocycles. The van der Waals surface area contributed by atoms with E-state index in [1.165, 1.54) is 13.8 Å². The van der Waals surface area contributed by atoms with E-state index in [1.807, 2.05) is 0 Å². The van der Waals surface area contributed by atoms with E-state index in [4.69, 9.17) is 14.2 Å². The van der Waals surface area contributed by atoms with Crippen molar-refractivity contribution in [3.8, 4) is 0 Å². The summed E-state index contributed by atoms with van der Waals surface area (Å²) < 4.78 is 16.3. The summed E-state index contributed by atoms with van der Waals surface area (Å²) in [6, 6.07) is 0. The lowest BCUT2D eigenvalue weighted by atomic mass is 9.41. The molecule has 0 bridgehead atoms. The first-order chi connectivity index (χ1) is 16.4. The Labute approximate surface area is 206 Å². The van der Waals surface area contributed by atoms with Crippen LogP contribution in [0.5, 0.6) is 0 Å². The molecule has 0 radical (unpaired) electrons. The molecule has 194 valence electrons. The van der Waals surface area contributed by atoms with Gasteiger partial charge in [-0.05, 0) is 74.7 Å². The van der Waals surface area contributed by atoms with Crippen LogP contribution in [0, 0.1) is 28.6 Å². The average Bonchev–Trinajstić information content (AvgIpc) is 3.31. The monoisotopic (exact) mass is 490 g/mol. The van der Waals surface area contributed by atoms with Crippen LogP contribution in [-0.2, 0) is 28.6 Å². The smallest absolute Gasteiger partial charge is 0.331 e. The van der Waals surface area contributed by atoms with Gasteiger partial charge in [0.15, 0.2) is 0 Å². The summed E-state index contributed by atoms with van der Waals surface area (Å²) in [6.07, 6.45) is 6.83. The highest BCUT2D eigenvalue weighted by atomic mass is 16.5. The molecule has 0 spiro atoms. The Morgan fingerprint density at radius 2 is 1.77 bits per heavy atom. The molecule has 0 aromatic heterocycles. The van der Waals surface area contributed by atoms with Gasteiger partial charge < -0.3 is 24.4 Å². The van der Waals surface area contributed by atoms with E-state index in [2.05, 4.69) is 6.92 Å². The van der Waals surface area contributed by atoms with Crippen molar-refractivity contribution in [3.63, 3.8) is 0 Å². The fourth-order valence-electron chi connectivity index (χ4n) is 9.03. The van der Waals surface area contributed by atoms with E-state index in [-0.39, 0.29) is 53.8 Å². The number of rotatable bonds is 4. The second kappa shape index (κ2) is 8.30. The molecule has 8 nitrogen and oxygen atoms in total. The molecule has 0 amide bonds. The fraction of sp³-hybridized carbons (Fsp3) is 0.815. The maximum absolute atomic E-state index is 12.4. The highest BCUT2D eigenvalue weighted by Crippen LogP contribution is 2.70. The second-order valence-electron chi connectivity index (χ2n) is 12.0. The van der Waals surface area contributed by atoms with Gasteiger partial charge in [-0.1, -0.05) is 6.92 Å². The number of hydrogen-bond donors (Lipinski definition) is 2. The predicted octanol–water partition coefficient (Wildman–Crippen LogP) is 2.83. The van der Waals surface area contributed by atoms with Gasteiger partial charge >= 0.3 is 17.9 Å². The van der Waals surface area contributed by atoms with Gasteiger partial charge in [0.1, 0.15) is 12.7 Å². The molecule has 5 aliphatic rings. The minimum atomic E-state index is -1.14. The maximum atomic E-state index is 12.4. The highest BCUT2D eigenvalue weighted by Gasteiger charge is 2.71. The number of cyclic esters (lactones) is 1. The van der Waals surface area contributed by atoms with Crippen molar-refractivity contribution in [2.24, 2.45) is 28.6 Å². The van der Waals surface area contributed by atoms with Gasteiger partial charge in [-0.25, -0.2) is 4.79 Å². The summed E-state index contributed by atoms with van der Waals surface area (Å²) in [5.41, 5.74) is -2.18. The molecule has 8 heteroatoms. The molecule has 1 heterocycles. The summed E-state index contributed by atoms with van der Waals surface area (Å²) in [4.78, 5) is 35.3. The zero-order chi connectivity index (χ0) is 25.2. The van der Waals surface area contributed by atoms with Crippen LogP contribution in [0.1, 0.15) is 78.6 Å². The largest absolute Gasteiger partial charge is 0.465 e. The van der Waals surface area contributed by atoms with E-state index in [0.29, 0.717) is 45.1 Å². The highest BCUT2D eigenvalue weighted by molar-refractivity contribution is 5.85. The lowest BCUT2D eigenvalue weighted by Crippen LogP contribution is -2.69. The molecular weight excluding hydrogens is 452 g/mol. The minimum Gasteiger partial charge on any atom is -0.465 e. The lowest BCUT2D eigenvalue weighted by molar-refractivity contribution is -0.271. The van der Waals surface area contributed by atoms with Crippen molar-refractivity contribution < 1.29 is 38.8 Å². The summed E-state index contributed by atoms with van der Waals surface area (Å²) in [5.74, 6) is -1.03. The Bertz CT molecular complexity index is 959. The quantitative estimate of drug-likeness (QED) is 0.456. The molecule has 4 fully saturated rings. The Kier molecular flexibility index (Phi) is 5.87. The number of fused-ring (bicyclic) bond motifs is 5. The molecule has 0 aromatic rings. The van der Waals surface area contributed by atoms with Crippen molar-refractivity contribution in [2.45, 2.75) is 95.9 Å². The Balaban J connectivity index is 1.48. The predicted molar refractivity (Wildman–Crippen MR) is 124 cm³/mol. The van der Waals surface area contributed by atoms with Gasteiger partial charge in [-0.3, -0.25) is 9.59 Å². The van der Waals surface area contributed by atoms with Gasteiger partial charge in [0.25, 0.3) is 0 Å². The van der Waals surface area contributed by atoms with Crippen LogP contribution in [0.25, 0.3) is 0 Å². The Morgan fingerprint density at radius 1 is 1.03 bits per heavy atom. The zero-order valence-corrected chi connectivity index (χ0v) is 21.0. The van der Waals surface area contributed by atoms with E-state index in [0.717, 1.165) is 24.8 Å². The van der Waals surface area contributed by atoms with Crippen molar-refractivity contribution in [3.05, 3.63) is 11.6 Å². The van der Waals surface area contributed by atoms with Crippen molar-refractivity contribution >= 4 is 17.9 Å². The van der Waals surface area contributed by atoms with Crippen LogP contribution in [0.2, 0.25) is 0 Å². The van der Waals surface area contributed by atoms with Crippen LogP contribution in [0.4, 0.5) is 0 Å². The molecule has 0 aromatic carbocycles. The third-order valence-corrected chi connectivity index (χ3v) is 10.6. The van der Waals surface area contributed by atoms with Crippen LogP contribution < -0.4 is 0 Å². The number of hydrogen-bond acceptors (Lipinski definition) is 8. The minimum absolute atomic E-state index is 0.0221.